The molecule has 0 unspecified atom stereocenters. The van der Waals surface area contributed by atoms with Crippen LogP contribution in [0.15, 0.2) is 22.6 Å². The van der Waals surface area contributed by atoms with E-state index < -0.39 is 0 Å². The van der Waals surface area contributed by atoms with E-state index in [1.807, 2.05) is 5.41 Å². The molecule has 0 bridgehead atoms. The van der Waals surface area contributed by atoms with Crippen molar-refractivity contribution in [2.24, 2.45) is 23.5 Å². The molecule has 1 atom stereocenters. The van der Waals surface area contributed by atoms with Gasteiger partial charge in [-0.25, -0.2) is 0 Å². The van der Waals surface area contributed by atoms with Gasteiger partial charge < -0.3 is 5.73 Å². The monoisotopic (exact) mass is 213 g/mol. The van der Waals surface area contributed by atoms with Crippen molar-refractivity contribution in [1.82, 2.24) is 0 Å². The second-order valence-electron chi connectivity index (χ2n) is 4.39. The van der Waals surface area contributed by atoms with Crippen LogP contribution in [-0.4, -0.2) is 0 Å². The Bertz CT molecular complexity index is 216. The van der Waals surface area contributed by atoms with Crippen molar-refractivity contribution < 1.29 is 0 Å². The fourth-order valence-corrected chi connectivity index (χ4v) is 1.81. The molecule has 0 aromatic rings. The summed E-state index contributed by atoms with van der Waals surface area (Å²) < 4.78 is 0. The Hall–Kier alpha value is -0.370. The molecule has 14 heavy (non-hydrogen) atoms. The van der Waals surface area contributed by atoms with Crippen LogP contribution in [0.3, 0.4) is 0 Å². The van der Waals surface area contributed by atoms with Crippen molar-refractivity contribution in [3.63, 3.8) is 0 Å². The standard InChI is InChI=1S/C12H23NS/c1-8(2)10(5)11(6)14-7-12(13)9(3)4/h7-10H,6,13H2,1-5H3/b12-7-/t10-/m1/s1. The normalized spacial score (nSPS) is 14.9. The van der Waals surface area contributed by atoms with Crippen LogP contribution in [0.25, 0.3) is 0 Å². The van der Waals surface area contributed by atoms with Gasteiger partial charge in [-0.05, 0) is 28.1 Å². The van der Waals surface area contributed by atoms with Crippen molar-refractivity contribution in [1.29, 1.82) is 0 Å². The molecular formula is C12H23NS. The van der Waals surface area contributed by atoms with Crippen molar-refractivity contribution >= 4 is 11.8 Å². The molecule has 0 fully saturated rings. The lowest BCUT2D eigenvalue weighted by Crippen LogP contribution is -2.06. The number of thioether (sulfide) groups is 1. The van der Waals surface area contributed by atoms with Gasteiger partial charge in [-0.3, -0.25) is 0 Å². The zero-order valence-electron chi connectivity index (χ0n) is 10.0. The van der Waals surface area contributed by atoms with Gasteiger partial charge in [0.25, 0.3) is 0 Å². The molecule has 0 saturated heterocycles. The van der Waals surface area contributed by atoms with Gasteiger partial charge in [0, 0.05) is 5.70 Å². The third-order valence-corrected chi connectivity index (χ3v) is 3.59. The molecule has 82 valence electrons. The molecule has 0 spiro atoms. The maximum Gasteiger partial charge on any atom is 0.0174 e. The summed E-state index contributed by atoms with van der Waals surface area (Å²) in [6.07, 6.45) is 0. The van der Waals surface area contributed by atoms with Crippen LogP contribution < -0.4 is 5.73 Å². The first-order valence-corrected chi connectivity index (χ1v) is 6.05. The highest BCUT2D eigenvalue weighted by molar-refractivity contribution is 8.05. The minimum atomic E-state index is 0.421. The SMILES string of the molecule is C=C(S/C=C(\N)C(C)C)[C@H](C)C(C)C. The Kier molecular flexibility index (Phi) is 6.01. The molecular weight excluding hydrogens is 190 g/mol. The molecule has 0 amide bonds. The van der Waals surface area contributed by atoms with E-state index in [4.69, 9.17) is 5.73 Å². The summed E-state index contributed by atoms with van der Waals surface area (Å²) in [5.74, 6) is 1.60. The van der Waals surface area contributed by atoms with Crippen LogP contribution >= 0.6 is 11.8 Å². The Morgan fingerprint density at radius 3 is 2.07 bits per heavy atom. The number of rotatable bonds is 5. The van der Waals surface area contributed by atoms with Crippen molar-refractivity contribution in [2.75, 3.05) is 0 Å². The molecule has 0 aliphatic carbocycles. The van der Waals surface area contributed by atoms with E-state index in [1.54, 1.807) is 11.8 Å². The summed E-state index contributed by atoms with van der Waals surface area (Å²) in [5, 5.41) is 2.02. The lowest BCUT2D eigenvalue weighted by Gasteiger charge is -2.17. The summed E-state index contributed by atoms with van der Waals surface area (Å²) >= 11 is 1.67. The predicted octanol–water partition coefficient (Wildman–Crippen LogP) is 3.98. The topological polar surface area (TPSA) is 26.0 Å². The van der Waals surface area contributed by atoms with Crippen LogP contribution in [0.4, 0.5) is 0 Å². The van der Waals surface area contributed by atoms with E-state index in [-0.39, 0.29) is 0 Å². The molecule has 0 aromatic heterocycles. The molecule has 0 radical (unpaired) electrons. The maximum atomic E-state index is 5.84. The lowest BCUT2D eigenvalue weighted by atomic mass is 9.98. The minimum Gasteiger partial charge on any atom is -0.401 e. The van der Waals surface area contributed by atoms with Gasteiger partial charge in [0.05, 0.1) is 0 Å². The summed E-state index contributed by atoms with van der Waals surface area (Å²) in [7, 11) is 0. The minimum absolute atomic E-state index is 0.421. The van der Waals surface area contributed by atoms with E-state index in [2.05, 4.69) is 41.2 Å². The smallest absolute Gasteiger partial charge is 0.0174 e. The van der Waals surface area contributed by atoms with Gasteiger partial charge in [0.1, 0.15) is 0 Å². The van der Waals surface area contributed by atoms with Crippen LogP contribution in [0.5, 0.6) is 0 Å². The highest BCUT2D eigenvalue weighted by Crippen LogP contribution is 2.29. The maximum absolute atomic E-state index is 5.84. The number of hydrogen-bond acceptors (Lipinski definition) is 2. The summed E-state index contributed by atoms with van der Waals surface area (Å²) in [5.41, 5.74) is 6.78. The first-order valence-electron chi connectivity index (χ1n) is 5.17. The van der Waals surface area contributed by atoms with E-state index >= 15 is 0 Å². The van der Waals surface area contributed by atoms with Crippen LogP contribution in [0.1, 0.15) is 34.6 Å². The van der Waals surface area contributed by atoms with Crippen LogP contribution in [-0.2, 0) is 0 Å². The molecule has 0 saturated carbocycles. The second kappa shape index (κ2) is 6.18. The lowest BCUT2D eigenvalue weighted by molar-refractivity contribution is 0.499. The fraction of sp³-hybridized carbons (Fsp3) is 0.667. The fourth-order valence-electron chi connectivity index (χ4n) is 0.759. The summed E-state index contributed by atoms with van der Waals surface area (Å²) in [6.45, 7) is 14.9. The van der Waals surface area contributed by atoms with E-state index in [9.17, 15) is 0 Å². The third kappa shape index (κ3) is 4.75. The summed E-state index contributed by atoms with van der Waals surface area (Å²) in [6, 6.07) is 0. The van der Waals surface area contributed by atoms with Gasteiger partial charge in [-0.1, -0.05) is 41.2 Å². The van der Waals surface area contributed by atoms with Crippen LogP contribution in [0.2, 0.25) is 0 Å². The number of nitrogens with two attached hydrogens (primary N) is 1. The zero-order chi connectivity index (χ0) is 11.3. The van der Waals surface area contributed by atoms with Crippen molar-refractivity contribution in [3.8, 4) is 0 Å². The third-order valence-electron chi connectivity index (χ3n) is 2.52. The second-order valence-corrected chi connectivity index (χ2v) is 5.39. The van der Waals surface area contributed by atoms with Gasteiger partial charge in [0.2, 0.25) is 0 Å². The van der Waals surface area contributed by atoms with Gasteiger partial charge in [-0.2, -0.15) is 0 Å². The summed E-state index contributed by atoms with van der Waals surface area (Å²) in [4.78, 5) is 1.20. The molecule has 0 aromatic carbocycles. The van der Waals surface area contributed by atoms with Gasteiger partial charge in [-0.15, -0.1) is 11.8 Å². The Labute approximate surface area is 92.8 Å². The molecule has 0 aliphatic heterocycles. The Morgan fingerprint density at radius 1 is 1.21 bits per heavy atom. The highest BCUT2D eigenvalue weighted by atomic mass is 32.2. The molecule has 0 heterocycles. The first-order chi connectivity index (χ1) is 6.36. The number of hydrogen-bond donors (Lipinski definition) is 1. The van der Waals surface area contributed by atoms with Gasteiger partial charge >= 0.3 is 0 Å². The highest BCUT2D eigenvalue weighted by Gasteiger charge is 2.10. The molecule has 0 aliphatic rings. The first kappa shape index (κ1) is 13.6. The Morgan fingerprint density at radius 2 is 1.71 bits per heavy atom. The predicted molar refractivity (Wildman–Crippen MR) is 67.8 cm³/mol. The van der Waals surface area contributed by atoms with Crippen LogP contribution in [0, 0.1) is 17.8 Å². The molecule has 2 N–H and O–H groups in total. The quantitative estimate of drug-likeness (QED) is 0.747. The van der Waals surface area contributed by atoms with Crippen molar-refractivity contribution in [2.45, 2.75) is 34.6 Å². The van der Waals surface area contributed by atoms with E-state index in [1.165, 1.54) is 4.91 Å². The number of allylic oxidation sites excluding steroid dienone is 2. The van der Waals surface area contributed by atoms with Gasteiger partial charge in [0.15, 0.2) is 0 Å². The largest absolute Gasteiger partial charge is 0.401 e. The van der Waals surface area contributed by atoms with E-state index in [0.717, 1.165) is 5.70 Å². The molecule has 2 heteroatoms. The molecule has 0 rings (SSSR count). The van der Waals surface area contributed by atoms with Crippen molar-refractivity contribution in [3.05, 3.63) is 22.6 Å². The average Bonchev–Trinajstić information content (AvgIpc) is 2.11. The zero-order valence-corrected chi connectivity index (χ0v) is 10.8. The molecule has 1 nitrogen and oxygen atoms in total. The Balaban J connectivity index is 4.15. The average molecular weight is 213 g/mol. The van der Waals surface area contributed by atoms with E-state index in [0.29, 0.717) is 17.8 Å².